The van der Waals surface area contributed by atoms with Gasteiger partial charge in [-0.25, -0.2) is 0 Å². The predicted molar refractivity (Wildman–Crippen MR) is 134 cm³/mol. The zero-order chi connectivity index (χ0) is 23.5. The van der Waals surface area contributed by atoms with E-state index in [1.54, 1.807) is 0 Å². The van der Waals surface area contributed by atoms with Crippen molar-refractivity contribution < 1.29 is 13.3 Å². The second-order valence-electron chi connectivity index (χ2n) is 8.00. The van der Waals surface area contributed by atoms with E-state index in [-0.39, 0.29) is 5.56 Å². The lowest BCUT2D eigenvalue weighted by Gasteiger charge is -2.19. The summed E-state index contributed by atoms with van der Waals surface area (Å²) in [5.41, 5.74) is 3.92. The second-order valence-corrected chi connectivity index (χ2v) is 8.43. The zero-order valence-corrected chi connectivity index (χ0v) is 19.0. The van der Waals surface area contributed by atoms with Crippen molar-refractivity contribution in [2.24, 2.45) is 0 Å². The molecule has 4 aromatic carbocycles. The SMILES string of the molecule is FC(F)(c1ccc(Cl)cc1)[n+]1c(-c2ccccc2)cc(-c2ccccc2)cc1-c1ccccc1. The van der Waals surface area contributed by atoms with Gasteiger partial charge in [0.15, 0.2) is 0 Å². The standard InChI is InChI=1S/C30H21ClF2N/c31-27-18-16-26(17-19-27)30(32,33)34-28(23-12-6-2-7-13-23)20-25(22-10-4-1-5-11-22)21-29(34)24-14-8-3-9-15-24/h1-21H/q+1. The zero-order valence-electron chi connectivity index (χ0n) is 18.2. The highest BCUT2D eigenvalue weighted by Crippen LogP contribution is 2.35. The normalized spacial score (nSPS) is 11.4. The quantitative estimate of drug-likeness (QED) is 0.229. The van der Waals surface area contributed by atoms with Crippen molar-refractivity contribution in [1.82, 2.24) is 0 Å². The van der Waals surface area contributed by atoms with Crippen LogP contribution in [0.2, 0.25) is 5.02 Å². The second kappa shape index (κ2) is 9.20. The van der Waals surface area contributed by atoms with Crippen LogP contribution in [0.1, 0.15) is 5.56 Å². The Morgan fingerprint density at radius 1 is 0.500 bits per heavy atom. The van der Waals surface area contributed by atoms with E-state index in [0.717, 1.165) is 15.7 Å². The van der Waals surface area contributed by atoms with Crippen LogP contribution < -0.4 is 4.57 Å². The van der Waals surface area contributed by atoms with Crippen molar-refractivity contribution in [2.45, 2.75) is 6.05 Å². The first-order chi connectivity index (χ1) is 16.5. The molecule has 0 aliphatic rings. The third-order valence-corrected chi connectivity index (χ3v) is 6.04. The molecule has 0 saturated carbocycles. The first-order valence-electron chi connectivity index (χ1n) is 10.9. The van der Waals surface area contributed by atoms with E-state index in [1.165, 1.54) is 24.3 Å². The van der Waals surface area contributed by atoms with Gasteiger partial charge in [-0.2, -0.15) is 0 Å². The molecule has 0 fully saturated rings. The topological polar surface area (TPSA) is 3.88 Å². The van der Waals surface area contributed by atoms with Gasteiger partial charge in [0, 0.05) is 28.3 Å². The first-order valence-corrected chi connectivity index (χ1v) is 11.3. The molecule has 5 aromatic rings. The minimum absolute atomic E-state index is 0.135. The van der Waals surface area contributed by atoms with E-state index < -0.39 is 6.05 Å². The van der Waals surface area contributed by atoms with Crippen molar-refractivity contribution >= 4 is 11.6 Å². The summed E-state index contributed by atoms with van der Waals surface area (Å²) >= 11 is 6.00. The van der Waals surface area contributed by atoms with Crippen molar-refractivity contribution in [3.8, 4) is 33.6 Å². The van der Waals surface area contributed by atoms with Crippen molar-refractivity contribution in [3.63, 3.8) is 0 Å². The first kappa shape index (κ1) is 22.0. The smallest absolute Gasteiger partial charge is 0.134 e. The van der Waals surface area contributed by atoms with Gasteiger partial charge >= 0.3 is 6.05 Å². The minimum Gasteiger partial charge on any atom is -0.134 e. The third kappa shape index (κ3) is 4.23. The molecule has 1 nitrogen and oxygen atoms in total. The van der Waals surface area contributed by atoms with E-state index in [1.807, 2.05) is 103 Å². The fourth-order valence-electron chi connectivity index (χ4n) is 4.12. The molecular formula is C30H21ClF2N+. The molecule has 0 radical (unpaired) electrons. The largest absolute Gasteiger partial charge is 0.490 e. The molecule has 0 saturated heterocycles. The summed E-state index contributed by atoms with van der Waals surface area (Å²) in [6.45, 7) is 0. The Balaban J connectivity index is 1.87. The van der Waals surface area contributed by atoms with Gasteiger partial charge in [0.1, 0.15) is 0 Å². The maximum absolute atomic E-state index is 16.4. The molecule has 34 heavy (non-hydrogen) atoms. The molecule has 0 bridgehead atoms. The lowest BCUT2D eigenvalue weighted by molar-refractivity contribution is -0.793. The average Bonchev–Trinajstić information content (AvgIpc) is 2.90. The number of alkyl halides is 2. The van der Waals surface area contributed by atoms with Gasteiger partial charge in [-0.3, -0.25) is 0 Å². The predicted octanol–water partition coefficient (Wildman–Crippen LogP) is 8.23. The molecular weight excluding hydrogens is 448 g/mol. The molecule has 0 aliphatic heterocycles. The van der Waals surface area contributed by atoms with Crippen molar-refractivity contribution in [3.05, 3.63) is 138 Å². The monoisotopic (exact) mass is 468 g/mol. The molecule has 0 unspecified atom stereocenters. The van der Waals surface area contributed by atoms with Gasteiger partial charge in [-0.15, -0.1) is 13.3 Å². The van der Waals surface area contributed by atoms with Crippen LogP contribution in [0.3, 0.4) is 0 Å². The fourth-order valence-corrected chi connectivity index (χ4v) is 4.24. The summed E-state index contributed by atoms with van der Waals surface area (Å²) in [6.07, 6.45) is 0. The van der Waals surface area contributed by atoms with Gasteiger partial charge in [0.25, 0.3) is 0 Å². The van der Waals surface area contributed by atoms with Crippen LogP contribution in [0.4, 0.5) is 8.78 Å². The summed E-state index contributed by atoms with van der Waals surface area (Å²) in [7, 11) is 0. The van der Waals surface area contributed by atoms with E-state index in [4.69, 9.17) is 11.6 Å². The highest BCUT2D eigenvalue weighted by atomic mass is 35.5. The number of nitrogens with zero attached hydrogens (tertiary/aromatic N) is 1. The lowest BCUT2D eigenvalue weighted by Crippen LogP contribution is -2.54. The minimum atomic E-state index is -3.34. The van der Waals surface area contributed by atoms with Crippen LogP contribution in [-0.2, 0) is 6.05 Å². The Morgan fingerprint density at radius 3 is 1.35 bits per heavy atom. The summed E-state index contributed by atoms with van der Waals surface area (Å²) in [6, 6.07) is 34.5. The summed E-state index contributed by atoms with van der Waals surface area (Å²) < 4.78 is 33.9. The third-order valence-electron chi connectivity index (χ3n) is 5.78. The molecule has 0 atom stereocenters. The van der Waals surface area contributed by atoms with Crippen LogP contribution in [0, 0.1) is 0 Å². The molecule has 0 aliphatic carbocycles. The van der Waals surface area contributed by atoms with Crippen LogP contribution in [0.15, 0.2) is 127 Å². The molecule has 166 valence electrons. The lowest BCUT2D eigenvalue weighted by atomic mass is 9.98. The Hall–Kier alpha value is -3.82. The molecule has 5 rings (SSSR count). The van der Waals surface area contributed by atoms with Gasteiger partial charge in [-0.05, 0) is 59.7 Å². The number of rotatable bonds is 5. The van der Waals surface area contributed by atoms with Crippen LogP contribution in [-0.4, -0.2) is 0 Å². The molecule has 0 amide bonds. The van der Waals surface area contributed by atoms with Gasteiger partial charge in [0.05, 0.1) is 5.56 Å². The highest BCUT2D eigenvalue weighted by molar-refractivity contribution is 6.30. The number of aromatic nitrogens is 1. The van der Waals surface area contributed by atoms with Crippen LogP contribution >= 0.6 is 11.6 Å². The van der Waals surface area contributed by atoms with Gasteiger partial charge in [0.2, 0.25) is 11.4 Å². The molecule has 1 aromatic heterocycles. The number of halogens is 3. The van der Waals surface area contributed by atoms with E-state index in [9.17, 15) is 0 Å². The van der Waals surface area contributed by atoms with E-state index in [0.29, 0.717) is 27.5 Å². The number of pyridine rings is 1. The summed E-state index contributed by atoms with van der Waals surface area (Å²) in [5, 5.41) is 0.413. The number of benzene rings is 4. The maximum Gasteiger partial charge on any atom is 0.490 e. The average molecular weight is 469 g/mol. The van der Waals surface area contributed by atoms with Gasteiger partial charge in [-0.1, -0.05) is 78.3 Å². The highest BCUT2D eigenvalue weighted by Gasteiger charge is 2.48. The van der Waals surface area contributed by atoms with Crippen LogP contribution in [0.5, 0.6) is 0 Å². The van der Waals surface area contributed by atoms with E-state index >= 15 is 8.78 Å². The molecule has 0 N–H and O–H groups in total. The van der Waals surface area contributed by atoms with Crippen molar-refractivity contribution in [2.75, 3.05) is 0 Å². The number of hydrogen-bond donors (Lipinski definition) is 0. The van der Waals surface area contributed by atoms with E-state index in [2.05, 4.69) is 0 Å². The molecule has 4 heteroatoms. The fraction of sp³-hybridized carbons (Fsp3) is 0.0333. The summed E-state index contributed by atoms with van der Waals surface area (Å²) in [4.78, 5) is 0. The number of hydrogen-bond acceptors (Lipinski definition) is 0. The van der Waals surface area contributed by atoms with Crippen molar-refractivity contribution in [1.29, 1.82) is 0 Å². The Bertz CT molecular complexity index is 1340. The van der Waals surface area contributed by atoms with Gasteiger partial charge < -0.3 is 0 Å². The maximum atomic E-state index is 16.4. The Morgan fingerprint density at radius 2 is 0.912 bits per heavy atom. The Labute approximate surface area is 202 Å². The molecule has 0 spiro atoms. The molecule has 1 heterocycles. The van der Waals surface area contributed by atoms with Crippen LogP contribution in [0.25, 0.3) is 33.6 Å². The Kier molecular flexibility index (Phi) is 5.95. The summed E-state index contributed by atoms with van der Waals surface area (Å²) in [5.74, 6) is 0.